The highest BCUT2D eigenvalue weighted by atomic mass is 32.1. The van der Waals surface area contributed by atoms with Crippen molar-refractivity contribution in [3.05, 3.63) is 50.9 Å². The molecule has 0 saturated carbocycles. The topological polar surface area (TPSA) is 63.4 Å². The number of aliphatic hydroxyl groups is 1. The molecule has 106 valence electrons. The van der Waals surface area contributed by atoms with Gasteiger partial charge in [-0.05, 0) is 35.1 Å². The van der Waals surface area contributed by atoms with Gasteiger partial charge in [0.2, 0.25) is 0 Å². The fourth-order valence-corrected chi connectivity index (χ4v) is 3.03. The van der Waals surface area contributed by atoms with E-state index in [9.17, 15) is 15.2 Å². The van der Waals surface area contributed by atoms with Crippen LogP contribution in [0.5, 0.6) is 0 Å². The highest BCUT2D eigenvalue weighted by Gasteiger charge is 2.22. The fourth-order valence-electron chi connectivity index (χ4n) is 2.25. The lowest BCUT2D eigenvalue weighted by atomic mass is 9.93. The molecule has 5 heteroatoms. The van der Waals surface area contributed by atoms with Gasteiger partial charge >= 0.3 is 0 Å². The molecule has 1 unspecified atom stereocenters. The standard InChI is InChI=1S/C15H17NO3S/c1-3-11-7-14(16(18)19)12(10(2)9-17)8-13(11)15-5-4-6-20-15/h4-8,10,17H,3,9H2,1-2H3. The van der Waals surface area contributed by atoms with Gasteiger partial charge in [-0.15, -0.1) is 11.3 Å². The Labute approximate surface area is 121 Å². The first kappa shape index (κ1) is 14.7. The third-order valence-corrected chi connectivity index (χ3v) is 4.32. The maximum atomic E-state index is 11.2. The second-order valence-electron chi connectivity index (χ2n) is 4.74. The Kier molecular flexibility index (Phi) is 4.52. The summed E-state index contributed by atoms with van der Waals surface area (Å²) in [5, 5.41) is 22.5. The third-order valence-electron chi connectivity index (χ3n) is 3.42. The van der Waals surface area contributed by atoms with Crippen molar-refractivity contribution >= 4 is 17.0 Å². The minimum atomic E-state index is -0.362. The van der Waals surface area contributed by atoms with Crippen LogP contribution in [0.2, 0.25) is 0 Å². The van der Waals surface area contributed by atoms with E-state index in [1.54, 1.807) is 24.3 Å². The first-order valence-corrected chi connectivity index (χ1v) is 7.42. The summed E-state index contributed by atoms with van der Waals surface area (Å²) in [7, 11) is 0. The average molecular weight is 291 g/mol. The molecule has 1 N–H and O–H groups in total. The van der Waals surface area contributed by atoms with Crippen molar-refractivity contribution in [2.24, 2.45) is 0 Å². The van der Waals surface area contributed by atoms with Gasteiger partial charge in [0.25, 0.3) is 5.69 Å². The second kappa shape index (κ2) is 6.15. The van der Waals surface area contributed by atoms with Crippen molar-refractivity contribution < 1.29 is 10.0 Å². The molecule has 0 fully saturated rings. The molecule has 0 aliphatic carbocycles. The van der Waals surface area contributed by atoms with E-state index in [1.807, 2.05) is 30.5 Å². The summed E-state index contributed by atoms with van der Waals surface area (Å²) in [6.45, 7) is 3.69. The van der Waals surface area contributed by atoms with Crippen LogP contribution in [-0.2, 0) is 6.42 Å². The second-order valence-corrected chi connectivity index (χ2v) is 5.69. The molecule has 0 spiro atoms. The van der Waals surface area contributed by atoms with Crippen molar-refractivity contribution in [3.63, 3.8) is 0 Å². The summed E-state index contributed by atoms with van der Waals surface area (Å²) in [6, 6.07) is 7.49. The number of thiophene rings is 1. The minimum Gasteiger partial charge on any atom is -0.396 e. The van der Waals surface area contributed by atoms with Crippen molar-refractivity contribution in [2.75, 3.05) is 6.61 Å². The molecule has 2 aromatic rings. The van der Waals surface area contributed by atoms with Crippen LogP contribution in [0.15, 0.2) is 29.6 Å². The Hall–Kier alpha value is -1.72. The van der Waals surface area contributed by atoms with Gasteiger partial charge in [0.15, 0.2) is 0 Å². The molecule has 1 heterocycles. The SMILES string of the molecule is CCc1cc([N+](=O)[O-])c(C(C)CO)cc1-c1cccs1. The molecular weight excluding hydrogens is 274 g/mol. The Morgan fingerprint density at radius 1 is 1.45 bits per heavy atom. The molecule has 0 saturated heterocycles. The van der Waals surface area contributed by atoms with Crippen molar-refractivity contribution in [1.82, 2.24) is 0 Å². The van der Waals surface area contributed by atoms with Crippen LogP contribution in [0.1, 0.15) is 30.9 Å². The van der Waals surface area contributed by atoms with Crippen molar-refractivity contribution in [2.45, 2.75) is 26.2 Å². The van der Waals surface area contributed by atoms with E-state index in [4.69, 9.17) is 0 Å². The molecule has 2 rings (SSSR count). The smallest absolute Gasteiger partial charge is 0.273 e. The Bertz CT molecular complexity index is 608. The number of nitro groups is 1. The van der Waals surface area contributed by atoms with Crippen LogP contribution in [0.3, 0.4) is 0 Å². The maximum absolute atomic E-state index is 11.2. The lowest BCUT2D eigenvalue weighted by molar-refractivity contribution is -0.385. The van der Waals surface area contributed by atoms with Gasteiger partial charge in [-0.25, -0.2) is 0 Å². The fraction of sp³-hybridized carbons (Fsp3) is 0.333. The van der Waals surface area contributed by atoms with E-state index in [1.165, 1.54) is 0 Å². The van der Waals surface area contributed by atoms with Gasteiger partial charge in [-0.3, -0.25) is 10.1 Å². The lowest BCUT2D eigenvalue weighted by Crippen LogP contribution is -2.05. The number of aryl methyl sites for hydroxylation is 1. The molecule has 1 aromatic heterocycles. The summed E-state index contributed by atoms with van der Waals surface area (Å²) >= 11 is 1.62. The number of hydrogen-bond donors (Lipinski definition) is 1. The Morgan fingerprint density at radius 3 is 2.70 bits per heavy atom. The van der Waals surface area contributed by atoms with Crippen LogP contribution < -0.4 is 0 Å². The number of hydrogen-bond acceptors (Lipinski definition) is 4. The van der Waals surface area contributed by atoms with Gasteiger partial charge in [-0.2, -0.15) is 0 Å². The molecule has 4 nitrogen and oxygen atoms in total. The number of rotatable bonds is 5. The molecule has 20 heavy (non-hydrogen) atoms. The quantitative estimate of drug-likeness (QED) is 0.669. The maximum Gasteiger partial charge on any atom is 0.273 e. The van der Waals surface area contributed by atoms with E-state index in [0.717, 1.165) is 22.4 Å². The van der Waals surface area contributed by atoms with E-state index >= 15 is 0 Å². The molecule has 0 aliphatic rings. The van der Waals surface area contributed by atoms with E-state index in [-0.39, 0.29) is 23.1 Å². The summed E-state index contributed by atoms with van der Waals surface area (Å²) in [6.07, 6.45) is 0.738. The van der Waals surface area contributed by atoms with Crippen LogP contribution in [0.25, 0.3) is 10.4 Å². The van der Waals surface area contributed by atoms with Gasteiger partial charge in [0, 0.05) is 29.0 Å². The zero-order valence-corrected chi connectivity index (χ0v) is 12.3. The molecule has 0 amide bonds. The van der Waals surface area contributed by atoms with Gasteiger partial charge in [0.05, 0.1) is 4.92 Å². The molecule has 1 atom stereocenters. The normalized spacial score (nSPS) is 12.3. The predicted octanol–water partition coefficient (Wildman–Crippen LogP) is 3.98. The van der Waals surface area contributed by atoms with Crippen LogP contribution in [0, 0.1) is 10.1 Å². The zero-order chi connectivity index (χ0) is 14.7. The van der Waals surface area contributed by atoms with Gasteiger partial charge in [-0.1, -0.05) is 19.9 Å². The summed E-state index contributed by atoms with van der Waals surface area (Å²) < 4.78 is 0. The summed E-state index contributed by atoms with van der Waals surface area (Å²) in [5.74, 6) is -0.250. The Morgan fingerprint density at radius 2 is 2.20 bits per heavy atom. The largest absolute Gasteiger partial charge is 0.396 e. The summed E-state index contributed by atoms with van der Waals surface area (Å²) in [5.41, 5.74) is 2.69. The highest BCUT2D eigenvalue weighted by molar-refractivity contribution is 7.13. The zero-order valence-electron chi connectivity index (χ0n) is 11.5. The van der Waals surface area contributed by atoms with E-state index in [0.29, 0.717) is 5.56 Å². The Balaban J connectivity index is 2.66. The van der Waals surface area contributed by atoms with Crippen LogP contribution in [-0.4, -0.2) is 16.6 Å². The third kappa shape index (κ3) is 2.73. The molecule has 0 radical (unpaired) electrons. The average Bonchev–Trinajstić information content (AvgIpc) is 2.98. The van der Waals surface area contributed by atoms with Gasteiger partial charge < -0.3 is 5.11 Å². The monoisotopic (exact) mass is 291 g/mol. The first-order valence-electron chi connectivity index (χ1n) is 6.54. The van der Waals surface area contributed by atoms with E-state index < -0.39 is 0 Å². The van der Waals surface area contributed by atoms with Crippen molar-refractivity contribution in [1.29, 1.82) is 0 Å². The van der Waals surface area contributed by atoms with E-state index in [2.05, 4.69) is 0 Å². The lowest BCUT2D eigenvalue weighted by Gasteiger charge is -2.14. The number of nitro benzene ring substituents is 1. The predicted molar refractivity (Wildman–Crippen MR) is 81.3 cm³/mol. The minimum absolute atomic E-state index is 0.101. The van der Waals surface area contributed by atoms with Gasteiger partial charge in [0.1, 0.15) is 0 Å². The molecule has 0 aliphatic heterocycles. The number of nitrogens with zero attached hydrogens (tertiary/aromatic N) is 1. The summed E-state index contributed by atoms with van der Waals surface area (Å²) in [4.78, 5) is 12.0. The molecule has 1 aromatic carbocycles. The first-order chi connectivity index (χ1) is 9.58. The molecular formula is C15H17NO3S. The van der Waals surface area contributed by atoms with Crippen LogP contribution >= 0.6 is 11.3 Å². The molecule has 0 bridgehead atoms. The van der Waals surface area contributed by atoms with Crippen LogP contribution in [0.4, 0.5) is 5.69 Å². The highest BCUT2D eigenvalue weighted by Crippen LogP contribution is 2.36. The number of benzene rings is 1. The number of aliphatic hydroxyl groups excluding tert-OH is 1. The van der Waals surface area contributed by atoms with Crippen molar-refractivity contribution in [3.8, 4) is 10.4 Å².